The van der Waals surface area contributed by atoms with Gasteiger partial charge in [0.15, 0.2) is 5.82 Å². The summed E-state index contributed by atoms with van der Waals surface area (Å²) in [5, 5.41) is 11.5. The number of H-pyrrole nitrogens is 1. The zero-order chi connectivity index (χ0) is 21.1. The van der Waals surface area contributed by atoms with E-state index in [2.05, 4.69) is 26.5 Å². The van der Waals surface area contributed by atoms with Crippen molar-refractivity contribution < 1.29 is 4.79 Å². The molecule has 1 aliphatic rings. The predicted molar refractivity (Wildman–Crippen MR) is 123 cm³/mol. The van der Waals surface area contributed by atoms with Crippen molar-refractivity contribution in [3.63, 3.8) is 0 Å². The fourth-order valence-electron chi connectivity index (χ4n) is 3.70. The van der Waals surface area contributed by atoms with E-state index in [9.17, 15) is 4.79 Å². The Hall–Kier alpha value is -2.99. The van der Waals surface area contributed by atoms with Crippen LogP contribution in [0.25, 0.3) is 11.3 Å². The van der Waals surface area contributed by atoms with E-state index in [1.54, 1.807) is 0 Å². The summed E-state index contributed by atoms with van der Waals surface area (Å²) in [4.78, 5) is 16.9. The summed E-state index contributed by atoms with van der Waals surface area (Å²) in [5.41, 5.74) is 3.74. The molecule has 0 saturated carbocycles. The second-order valence-electron chi connectivity index (χ2n) is 7.83. The number of nitrogens with one attached hydrogen (secondary N) is 2. The number of rotatable bonds is 5. The smallest absolute Gasteiger partial charge is 0.251 e. The number of amides is 1. The number of nitrogens with zero attached hydrogens (tertiary/aromatic N) is 3. The molecule has 0 aliphatic carbocycles. The number of aromatic amines is 1. The quantitative estimate of drug-likeness (QED) is 0.645. The number of hydrogen-bond acceptors (Lipinski definition) is 4. The molecule has 7 heteroatoms. The van der Waals surface area contributed by atoms with Gasteiger partial charge in [-0.3, -0.25) is 9.89 Å². The lowest BCUT2D eigenvalue weighted by atomic mass is 10.0. The van der Waals surface area contributed by atoms with Crippen LogP contribution in [0.15, 0.2) is 54.6 Å². The standard InChI is InChI=1S/C23H26ClN5O/c1-28(2)20-5-3-4-17(14-20)23(30)25-19-10-12-29(13-11-19)22-15-21(26-27-22)16-6-8-18(24)9-7-16/h3-9,14-15,19H,10-13H2,1-2H3,(H,25,30)(H,26,27). The Labute approximate surface area is 181 Å². The first-order valence-electron chi connectivity index (χ1n) is 10.1. The minimum Gasteiger partial charge on any atom is -0.378 e. The Morgan fingerprint density at radius 1 is 1.13 bits per heavy atom. The van der Waals surface area contributed by atoms with Crippen molar-refractivity contribution in [2.24, 2.45) is 0 Å². The van der Waals surface area contributed by atoms with Crippen molar-refractivity contribution in [3.05, 3.63) is 65.2 Å². The summed E-state index contributed by atoms with van der Waals surface area (Å²) in [6.45, 7) is 1.71. The molecule has 0 unspecified atom stereocenters. The van der Waals surface area contributed by atoms with E-state index in [1.807, 2.05) is 67.5 Å². The summed E-state index contributed by atoms with van der Waals surface area (Å²) >= 11 is 5.97. The minimum absolute atomic E-state index is 0.0121. The van der Waals surface area contributed by atoms with Gasteiger partial charge in [-0.25, -0.2) is 0 Å². The zero-order valence-electron chi connectivity index (χ0n) is 17.2. The van der Waals surface area contributed by atoms with Gasteiger partial charge in [-0.2, -0.15) is 5.10 Å². The highest BCUT2D eigenvalue weighted by atomic mass is 35.5. The van der Waals surface area contributed by atoms with Crippen LogP contribution < -0.4 is 15.1 Å². The molecule has 0 atom stereocenters. The Morgan fingerprint density at radius 2 is 1.87 bits per heavy atom. The molecule has 1 aliphatic heterocycles. The maximum Gasteiger partial charge on any atom is 0.251 e. The highest BCUT2D eigenvalue weighted by molar-refractivity contribution is 6.30. The number of aromatic nitrogens is 2. The molecular formula is C23H26ClN5O. The number of benzene rings is 2. The first kappa shape index (κ1) is 20.3. The lowest BCUT2D eigenvalue weighted by Crippen LogP contribution is -2.44. The number of hydrogen-bond donors (Lipinski definition) is 2. The normalized spacial score (nSPS) is 14.6. The van der Waals surface area contributed by atoms with Gasteiger partial charge in [-0.1, -0.05) is 29.8 Å². The van der Waals surface area contributed by atoms with Crippen molar-refractivity contribution >= 4 is 29.0 Å². The highest BCUT2D eigenvalue weighted by Crippen LogP contribution is 2.25. The van der Waals surface area contributed by atoms with Crippen LogP contribution in [0, 0.1) is 0 Å². The average Bonchev–Trinajstić information content (AvgIpc) is 3.25. The van der Waals surface area contributed by atoms with Crippen molar-refractivity contribution in [1.29, 1.82) is 0 Å². The van der Waals surface area contributed by atoms with Gasteiger partial charge in [0, 0.05) is 55.6 Å². The van der Waals surface area contributed by atoms with Gasteiger partial charge in [0.1, 0.15) is 0 Å². The Balaban J connectivity index is 1.33. The molecule has 1 fully saturated rings. The SMILES string of the molecule is CN(C)c1cccc(C(=O)NC2CCN(c3cc(-c4ccc(Cl)cc4)[nH]n3)CC2)c1. The maximum absolute atomic E-state index is 12.7. The van der Waals surface area contributed by atoms with Gasteiger partial charge < -0.3 is 15.1 Å². The van der Waals surface area contributed by atoms with Crippen molar-refractivity contribution in [2.45, 2.75) is 18.9 Å². The van der Waals surface area contributed by atoms with Crippen LogP contribution in [0.4, 0.5) is 11.5 Å². The van der Waals surface area contributed by atoms with Gasteiger partial charge >= 0.3 is 0 Å². The number of carbonyl (C=O) groups is 1. The fraction of sp³-hybridized carbons (Fsp3) is 0.304. The minimum atomic E-state index is -0.0121. The summed E-state index contributed by atoms with van der Waals surface area (Å²) in [7, 11) is 3.94. The number of piperidine rings is 1. The molecular weight excluding hydrogens is 398 g/mol. The van der Waals surface area contributed by atoms with Gasteiger partial charge in [0.25, 0.3) is 5.91 Å². The van der Waals surface area contributed by atoms with Gasteiger partial charge in [-0.05, 0) is 48.7 Å². The number of anilines is 2. The average molecular weight is 424 g/mol. The van der Waals surface area contributed by atoms with Crippen LogP contribution >= 0.6 is 11.6 Å². The molecule has 2 N–H and O–H groups in total. The van der Waals surface area contributed by atoms with Crippen LogP contribution in [-0.2, 0) is 0 Å². The molecule has 0 radical (unpaired) electrons. The van der Waals surface area contributed by atoms with Gasteiger partial charge in [-0.15, -0.1) is 0 Å². The molecule has 1 amide bonds. The molecule has 156 valence electrons. The molecule has 6 nitrogen and oxygen atoms in total. The molecule has 2 aromatic carbocycles. The third-order valence-electron chi connectivity index (χ3n) is 5.50. The molecule has 1 aromatic heterocycles. The van der Waals surface area contributed by atoms with Crippen LogP contribution in [0.5, 0.6) is 0 Å². The molecule has 30 heavy (non-hydrogen) atoms. The Bertz CT molecular complexity index is 1010. The largest absolute Gasteiger partial charge is 0.378 e. The molecule has 0 spiro atoms. The Kier molecular flexibility index (Phi) is 5.95. The molecule has 0 bridgehead atoms. The first-order chi connectivity index (χ1) is 14.5. The maximum atomic E-state index is 12.7. The lowest BCUT2D eigenvalue weighted by Gasteiger charge is -2.32. The zero-order valence-corrected chi connectivity index (χ0v) is 18.0. The lowest BCUT2D eigenvalue weighted by molar-refractivity contribution is 0.0931. The van der Waals surface area contributed by atoms with Crippen molar-refractivity contribution in [3.8, 4) is 11.3 Å². The third kappa shape index (κ3) is 4.60. The second-order valence-corrected chi connectivity index (χ2v) is 8.26. The van der Waals surface area contributed by atoms with E-state index < -0.39 is 0 Å². The monoisotopic (exact) mass is 423 g/mol. The number of halogens is 1. The van der Waals surface area contributed by atoms with E-state index >= 15 is 0 Å². The Morgan fingerprint density at radius 3 is 2.57 bits per heavy atom. The summed E-state index contributed by atoms with van der Waals surface area (Å²) in [5.74, 6) is 0.922. The predicted octanol–water partition coefficient (Wildman–Crippen LogP) is 4.19. The van der Waals surface area contributed by atoms with E-state index in [-0.39, 0.29) is 11.9 Å². The molecule has 2 heterocycles. The van der Waals surface area contributed by atoms with Crippen LogP contribution in [0.1, 0.15) is 23.2 Å². The number of carbonyl (C=O) groups excluding carboxylic acids is 1. The van der Waals surface area contributed by atoms with Gasteiger partial charge in [0.2, 0.25) is 0 Å². The molecule has 4 rings (SSSR count). The summed E-state index contributed by atoms with van der Waals surface area (Å²) < 4.78 is 0. The summed E-state index contributed by atoms with van der Waals surface area (Å²) in [6, 6.07) is 17.6. The third-order valence-corrected chi connectivity index (χ3v) is 5.75. The van der Waals surface area contributed by atoms with Crippen LogP contribution in [0.2, 0.25) is 5.02 Å². The molecule has 1 saturated heterocycles. The molecule has 3 aromatic rings. The first-order valence-corrected chi connectivity index (χ1v) is 10.5. The van der Waals surface area contributed by atoms with E-state index in [0.717, 1.165) is 53.7 Å². The van der Waals surface area contributed by atoms with E-state index in [1.165, 1.54) is 0 Å². The van der Waals surface area contributed by atoms with Crippen LogP contribution in [0.3, 0.4) is 0 Å². The van der Waals surface area contributed by atoms with Gasteiger partial charge in [0.05, 0.1) is 5.69 Å². The topological polar surface area (TPSA) is 64.3 Å². The second kappa shape index (κ2) is 8.79. The fourth-order valence-corrected chi connectivity index (χ4v) is 3.82. The summed E-state index contributed by atoms with van der Waals surface area (Å²) in [6.07, 6.45) is 1.78. The highest BCUT2D eigenvalue weighted by Gasteiger charge is 2.23. The van der Waals surface area contributed by atoms with E-state index in [4.69, 9.17) is 11.6 Å². The van der Waals surface area contributed by atoms with Crippen molar-refractivity contribution in [1.82, 2.24) is 15.5 Å². The van der Waals surface area contributed by atoms with Crippen LogP contribution in [-0.4, -0.2) is 49.3 Å². The van der Waals surface area contributed by atoms with Crippen molar-refractivity contribution in [2.75, 3.05) is 37.0 Å². The van der Waals surface area contributed by atoms with E-state index in [0.29, 0.717) is 5.56 Å².